The van der Waals surface area contributed by atoms with Crippen molar-refractivity contribution in [3.8, 4) is 17.2 Å². The second kappa shape index (κ2) is 8.69. The number of ether oxygens (including phenoxy) is 3. The zero-order valence-electron chi connectivity index (χ0n) is 17.1. The van der Waals surface area contributed by atoms with Gasteiger partial charge in [-0.25, -0.2) is 9.97 Å². The average molecular weight is 405 g/mol. The maximum absolute atomic E-state index is 5.39. The predicted molar refractivity (Wildman–Crippen MR) is 115 cm³/mol. The minimum atomic E-state index is 0.675. The highest BCUT2D eigenvalue weighted by molar-refractivity contribution is 5.93. The Morgan fingerprint density at radius 1 is 0.900 bits per heavy atom. The van der Waals surface area contributed by atoms with Gasteiger partial charge in [-0.05, 0) is 42.7 Å². The maximum atomic E-state index is 5.39. The van der Waals surface area contributed by atoms with E-state index in [1.54, 1.807) is 21.3 Å². The largest absolute Gasteiger partial charge is 0.497 e. The number of hydrogen-bond donors (Lipinski definition) is 2. The van der Waals surface area contributed by atoms with Crippen LogP contribution in [0.5, 0.6) is 17.2 Å². The number of hydrogen-bond acceptors (Lipinski definition) is 7. The van der Waals surface area contributed by atoms with Crippen molar-refractivity contribution < 1.29 is 14.2 Å². The number of H-pyrrole nitrogens is 1. The number of aromatic nitrogens is 4. The van der Waals surface area contributed by atoms with E-state index in [-0.39, 0.29) is 0 Å². The summed E-state index contributed by atoms with van der Waals surface area (Å²) in [5, 5.41) is 11.6. The molecule has 0 atom stereocenters. The minimum absolute atomic E-state index is 0.675. The van der Waals surface area contributed by atoms with Gasteiger partial charge in [0.15, 0.2) is 5.82 Å². The summed E-state index contributed by atoms with van der Waals surface area (Å²) >= 11 is 0. The SMILES string of the molecule is COc1cc(CCc2cc(Nc3ncnc4c(OC)cccc34)n[nH]2)cc(OC)c1. The number of aromatic amines is 1. The second-order valence-corrected chi connectivity index (χ2v) is 6.70. The van der Waals surface area contributed by atoms with E-state index < -0.39 is 0 Å². The van der Waals surface area contributed by atoms with Crippen LogP contribution in [0.4, 0.5) is 11.6 Å². The van der Waals surface area contributed by atoms with Crippen LogP contribution in [0.2, 0.25) is 0 Å². The average Bonchev–Trinajstić information content (AvgIpc) is 3.24. The van der Waals surface area contributed by atoms with Crippen molar-refractivity contribution in [2.24, 2.45) is 0 Å². The molecular weight excluding hydrogens is 382 g/mol. The molecule has 8 nitrogen and oxygen atoms in total. The topological polar surface area (TPSA) is 94.2 Å². The summed E-state index contributed by atoms with van der Waals surface area (Å²) in [5.74, 6) is 3.63. The number of para-hydroxylation sites is 1. The highest BCUT2D eigenvalue weighted by Crippen LogP contribution is 2.29. The normalized spacial score (nSPS) is 10.8. The monoisotopic (exact) mass is 405 g/mol. The van der Waals surface area contributed by atoms with E-state index in [0.29, 0.717) is 17.4 Å². The van der Waals surface area contributed by atoms with Gasteiger partial charge in [-0.3, -0.25) is 5.10 Å². The summed E-state index contributed by atoms with van der Waals surface area (Å²) in [7, 11) is 4.93. The Labute approximate surface area is 174 Å². The smallest absolute Gasteiger partial charge is 0.153 e. The fourth-order valence-corrected chi connectivity index (χ4v) is 3.29. The van der Waals surface area contributed by atoms with Gasteiger partial charge < -0.3 is 19.5 Å². The lowest BCUT2D eigenvalue weighted by molar-refractivity contribution is 0.393. The zero-order chi connectivity index (χ0) is 20.9. The Balaban J connectivity index is 1.49. The first-order valence-electron chi connectivity index (χ1n) is 9.51. The number of nitrogens with one attached hydrogen (secondary N) is 2. The molecule has 2 heterocycles. The number of aryl methyl sites for hydroxylation is 2. The summed E-state index contributed by atoms with van der Waals surface area (Å²) < 4.78 is 16.1. The van der Waals surface area contributed by atoms with Crippen LogP contribution in [-0.2, 0) is 12.8 Å². The molecule has 0 amide bonds. The summed E-state index contributed by atoms with van der Waals surface area (Å²) in [6.45, 7) is 0. The second-order valence-electron chi connectivity index (χ2n) is 6.70. The Morgan fingerprint density at radius 3 is 2.43 bits per heavy atom. The van der Waals surface area contributed by atoms with Gasteiger partial charge >= 0.3 is 0 Å². The van der Waals surface area contributed by atoms with Gasteiger partial charge in [-0.2, -0.15) is 5.10 Å². The molecule has 4 rings (SSSR count). The Hall–Kier alpha value is -3.81. The molecule has 0 fully saturated rings. The molecule has 30 heavy (non-hydrogen) atoms. The molecule has 2 N–H and O–H groups in total. The van der Waals surface area contributed by atoms with Crippen molar-refractivity contribution in [2.75, 3.05) is 26.6 Å². The van der Waals surface area contributed by atoms with E-state index in [4.69, 9.17) is 14.2 Å². The molecule has 0 bridgehead atoms. The molecule has 0 aliphatic heterocycles. The lowest BCUT2D eigenvalue weighted by Crippen LogP contribution is -1.97. The summed E-state index contributed by atoms with van der Waals surface area (Å²) in [6.07, 6.45) is 3.13. The molecule has 0 unspecified atom stereocenters. The number of anilines is 2. The van der Waals surface area contributed by atoms with Crippen molar-refractivity contribution in [1.82, 2.24) is 20.2 Å². The molecule has 2 aromatic heterocycles. The van der Waals surface area contributed by atoms with Crippen molar-refractivity contribution in [1.29, 1.82) is 0 Å². The number of rotatable bonds is 8. The third kappa shape index (κ3) is 4.12. The highest BCUT2D eigenvalue weighted by Gasteiger charge is 2.10. The van der Waals surface area contributed by atoms with Gasteiger partial charge in [-0.15, -0.1) is 0 Å². The Morgan fingerprint density at radius 2 is 1.70 bits per heavy atom. The van der Waals surface area contributed by atoms with E-state index in [1.807, 2.05) is 42.5 Å². The van der Waals surface area contributed by atoms with Crippen molar-refractivity contribution >= 4 is 22.5 Å². The summed E-state index contributed by atoms with van der Waals surface area (Å²) in [6, 6.07) is 13.6. The van der Waals surface area contributed by atoms with E-state index in [2.05, 4.69) is 25.5 Å². The van der Waals surface area contributed by atoms with Crippen LogP contribution in [0.3, 0.4) is 0 Å². The summed E-state index contributed by atoms with van der Waals surface area (Å²) in [4.78, 5) is 8.69. The standard InChI is InChI=1S/C22H23N5O3/c1-28-16-9-14(10-17(12-16)29-2)7-8-15-11-20(27-26-15)25-22-18-5-4-6-19(30-3)21(18)23-13-24-22/h4-6,9-13H,7-8H2,1-3H3,(H2,23,24,25,26,27). The molecular formula is C22H23N5O3. The minimum Gasteiger partial charge on any atom is -0.497 e. The van der Waals surface area contributed by atoms with Crippen LogP contribution in [-0.4, -0.2) is 41.5 Å². The fourth-order valence-electron chi connectivity index (χ4n) is 3.29. The highest BCUT2D eigenvalue weighted by atomic mass is 16.5. The Kier molecular flexibility index (Phi) is 5.65. The third-order valence-corrected chi connectivity index (χ3v) is 4.82. The first-order valence-corrected chi connectivity index (χ1v) is 9.51. The fraction of sp³-hybridized carbons (Fsp3) is 0.227. The lowest BCUT2D eigenvalue weighted by Gasteiger charge is -2.08. The van der Waals surface area contributed by atoms with Crippen LogP contribution >= 0.6 is 0 Å². The van der Waals surface area contributed by atoms with Crippen LogP contribution in [0, 0.1) is 0 Å². The van der Waals surface area contributed by atoms with Crippen LogP contribution in [0.1, 0.15) is 11.3 Å². The van der Waals surface area contributed by atoms with Crippen molar-refractivity contribution in [2.45, 2.75) is 12.8 Å². The van der Waals surface area contributed by atoms with Gasteiger partial charge in [0.05, 0.1) is 21.3 Å². The first kappa shape index (κ1) is 19.5. The van der Waals surface area contributed by atoms with E-state index in [0.717, 1.165) is 46.5 Å². The van der Waals surface area contributed by atoms with Crippen molar-refractivity contribution in [3.05, 3.63) is 60.0 Å². The molecule has 0 aliphatic rings. The van der Waals surface area contributed by atoms with Gasteiger partial charge in [-0.1, -0.05) is 6.07 Å². The third-order valence-electron chi connectivity index (χ3n) is 4.82. The molecule has 2 aromatic carbocycles. The van der Waals surface area contributed by atoms with Crippen LogP contribution in [0.15, 0.2) is 48.8 Å². The number of fused-ring (bicyclic) bond motifs is 1. The van der Waals surface area contributed by atoms with Gasteiger partial charge in [0.25, 0.3) is 0 Å². The molecule has 0 aliphatic carbocycles. The first-order chi connectivity index (χ1) is 14.7. The predicted octanol–water partition coefficient (Wildman–Crippen LogP) is 3.91. The molecule has 0 saturated heterocycles. The van der Waals surface area contributed by atoms with E-state index in [1.165, 1.54) is 6.33 Å². The van der Waals surface area contributed by atoms with Gasteiger partial charge in [0.1, 0.15) is 34.9 Å². The van der Waals surface area contributed by atoms with Gasteiger partial charge in [0, 0.05) is 23.2 Å². The molecule has 154 valence electrons. The van der Waals surface area contributed by atoms with E-state index >= 15 is 0 Å². The molecule has 0 saturated carbocycles. The molecule has 0 spiro atoms. The lowest BCUT2D eigenvalue weighted by atomic mass is 10.1. The number of nitrogens with zero attached hydrogens (tertiary/aromatic N) is 3. The Bertz CT molecular complexity index is 1140. The molecule has 0 radical (unpaired) electrons. The van der Waals surface area contributed by atoms with E-state index in [9.17, 15) is 0 Å². The van der Waals surface area contributed by atoms with Crippen LogP contribution < -0.4 is 19.5 Å². The quantitative estimate of drug-likeness (QED) is 0.459. The zero-order valence-corrected chi connectivity index (χ0v) is 17.1. The van der Waals surface area contributed by atoms with Crippen LogP contribution in [0.25, 0.3) is 10.9 Å². The number of methoxy groups -OCH3 is 3. The van der Waals surface area contributed by atoms with Crippen molar-refractivity contribution in [3.63, 3.8) is 0 Å². The summed E-state index contributed by atoms with van der Waals surface area (Å²) in [5.41, 5.74) is 2.89. The molecule has 8 heteroatoms. The number of benzene rings is 2. The maximum Gasteiger partial charge on any atom is 0.153 e. The molecule has 4 aromatic rings. The van der Waals surface area contributed by atoms with Gasteiger partial charge in [0.2, 0.25) is 0 Å².